The summed E-state index contributed by atoms with van der Waals surface area (Å²) < 4.78 is 17.0. The number of hydrogen-bond acceptors (Lipinski definition) is 7. The van der Waals surface area contributed by atoms with Gasteiger partial charge < -0.3 is 24.4 Å². The van der Waals surface area contributed by atoms with E-state index in [1.807, 2.05) is 67.8 Å². The maximum atomic E-state index is 13.0. The lowest BCUT2D eigenvalue weighted by Gasteiger charge is -2.24. The highest BCUT2D eigenvalue weighted by atomic mass is 127. The second-order valence-electron chi connectivity index (χ2n) is 6.97. The van der Waals surface area contributed by atoms with E-state index in [0.29, 0.717) is 27.8 Å². The molecule has 0 atom stereocenters. The minimum Gasteiger partial charge on any atom is -0.496 e. The van der Waals surface area contributed by atoms with Crippen LogP contribution in [0.5, 0.6) is 5.75 Å². The highest BCUT2D eigenvalue weighted by Gasteiger charge is 2.29. The first-order valence-electron chi connectivity index (χ1n) is 9.61. The summed E-state index contributed by atoms with van der Waals surface area (Å²) >= 11 is 5.91. The van der Waals surface area contributed by atoms with Crippen molar-refractivity contribution in [2.45, 2.75) is 20.8 Å². The number of aryl methyl sites for hydroxylation is 1. The number of methoxy groups -OCH3 is 1. The van der Waals surface area contributed by atoms with Crippen molar-refractivity contribution in [2.24, 2.45) is 0 Å². The molecule has 0 aliphatic carbocycles. The third kappa shape index (κ3) is 6.50. The van der Waals surface area contributed by atoms with Gasteiger partial charge in [0.2, 0.25) is 18.6 Å². The van der Waals surface area contributed by atoms with Gasteiger partial charge in [-0.1, -0.05) is 0 Å². The van der Waals surface area contributed by atoms with Crippen LogP contribution in [0.3, 0.4) is 0 Å². The van der Waals surface area contributed by atoms with Crippen LogP contribution in [0.15, 0.2) is 18.2 Å². The highest BCUT2D eigenvalue weighted by Crippen LogP contribution is 2.40. The van der Waals surface area contributed by atoms with Crippen LogP contribution >= 0.6 is 67.8 Å². The van der Waals surface area contributed by atoms with Crippen LogP contribution in [-0.2, 0) is 19.1 Å². The van der Waals surface area contributed by atoms with Crippen molar-refractivity contribution in [2.75, 3.05) is 31.2 Å². The summed E-state index contributed by atoms with van der Waals surface area (Å²) in [5, 5.41) is 2.71. The molecule has 9 nitrogen and oxygen atoms in total. The Morgan fingerprint density at radius 1 is 0.971 bits per heavy atom. The van der Waals surface area contributed by atoms with Crippen LogP contribution in [0, 0.1) is 17.6 Å². The lowest BCUT2D eigenvalue weighted by Crippen LogP contribution is -2.27. The molecule has 2 amide bonds. The minimum atomic E-state index is -0.770. The Bertz CT molecular complexity index is 1170. The monoisotopic (exact) mass is 806 g/mol. The standard InChI is InChI=1S/C22H21I3N2O7/c1-10-8-13(6-7-14(10)32-5)21(30)33-9-34-22(31)15-16(23)19(26-11(2)28)18(25)20(17(15)24)27(4)12(3)29/h6-8H,9H2,1-5H3,(H,26,28). The van der Waals surface area contributed by atoms with E-state index in [9.17, 15) is 19.2 Å². The van der Waals surface area contributed by atoms with Crippen molar-refractivity contribution in [3.8, 4) is 5.75 Å². The van der Waals surface area contributed by atoms with Crippen LogP contribution in [0.25, 0.3) is 0 Å². The maximum absolute atomic E-state index is 13.0. The van der Waals surface area contributed by atoms with E-state index in [-0.39, 0.29) is 22.9 Å². The third-order valence-electron chi connectivity index (χ3n) is 4.62. The molecule has 0 bridgehead atoms. The molecule has 0 aliphatic heterocycles. The van der Waals surface area contributed by atoms with Crippen molar-refractivity contribution < 1.29 is 33.4 Å². The Labute approximate surface area is 237 Å². The average molecular weight is 806 g/mol. The summed E-state index contributed by atoms with van der Waals surface area (Å²) in [5.41, 5.74) is 2.02. The van der Waals surface area contributed by atoms with Crippen LogP contribution in [-0.4, -0.2) is 44.7 Å². The number of halogens is 3. The summed E-state index contributed by atoms with van der Waals surface area (Å²) in [4.78, 5) is 50.5. The molecule has 0 saturated heterocycles. The van der Waals surface area contributed by atoms with Gasteiger partial charge in [-0.3, -0.25) is 9.59 Å². The molecule has 0 aliphatic rings. The fourth-order valence-electron chi connectivity index (χ4n) is 2.87. The molecule has 0 radical (unpaired) electrons. The summed E-state index contributed by atoms with van der Waals surface area (Å²) in [6.07, 6.45) is 0. The smallest absolute Gasteiger partial charge is 0.343 e. The first-order valence-corrected chi connectivity index (χ1v) is 12.9. The number of anilines is 2. The van der Waals surface area contributed by atoms with Gasteiger partial charge >= 0.3 is 11.9 Å². The zero-order chi connectivity index (χ0) is 25.7. The Balaban J connectivity index is 2.31. The molecule has 2 aromatic rings. The Morgan fingerprint density at radius 3 is 2.12 bits per heavy atom. The van der Waals surface area contributed by atoms with E-state index in [2.05, 4.69) is 5.32 Å². The van der Waals surface area contributed by atoms with Gasteiger partial charge in [0, 0.05) is 20.9 Å². The van der Waals surface area contributed by atoms with Crippen molar-refractivity contribution in [3.05, 3.63) is 45.6 Å². The first-order chi connectivity index (χ1) is 15.9. The minimum absolute atomic E-state index is 0.143. The zero-order valence-electron chi connectivity index (χ0n) is 18.9. The van der Waals surface area contributed by atoms with E-state index in [4.69, 9.17) is 14.2 Å². The molecular weight excluding hydrogens is 785 g/mol. The molecule has 0 spiro atoms. The molecule has 1 N–H and O–H groups in total. The van der Waals surface area contributed by atoms with Crippen LogP contribution in [0.1, 0.15) is 40.1 Å². The van der Waals surface area contributed by atoms with E-state index in [1.54, 1.807) is 32.2 Å². The molecule has 182 valence electrons. The second-order valence-corrected chi connectivity index (χ2v) is 10.2. The third-order valence-corrected chi connectivity index (χ3v) is 7.80. The predicted molar refractivity (Wildman–Crippen MR) is 151 cm³/mol. The molecule has 34 heavy (non-hydrogen) atoms. The second kappa shape index (κ2) is 12.3. The molecule has 0 heterocycles. The fraction of sp³-hybridized carbons (Fsp3) is 0.273. The summed E-state index contributed by atoms with van der Waals surface area (Å²) in [7, 11) is 3.10. The number of ether oxygens (including phenoxy) is 3. The van der Waals surface area contributed by atoms with E-state index >= 15 is 0 Å². The van der Waals surface area contributed by atoms with E-state index in [1.165, 1.54) is 25.9 Å². The van der Waals surface area contributed by atoms with Gasteiger partial charge in [-0.05, 0) is 98.5 Å². The summed E-state index contributed by atoms with van der Waals surface area (Å²) in [6.45, 7) is 3.91. The highest BCUT2D eigenvalue weighted by molar-refractivity contribution is 14.1. The van der Waals surface area contributed by atoms with Crippen molar-refractivity contribution >= 4 is 103 Å². The summed E-state index contributed by atoms with van der Waals surface area (Å²) in [6, 6.07) is 4.80. The first kappa shape index (κ1) is 28.5. The van der Waals surface area contributed by atoms with Gasteiger partial charge in [0.1, 0.15) is 5.75 Å². The number of carbonyl (C=O) groups excluding carboxylic acids is 4. The zero-order valence-corrected chi connectivity index (χ0v) is 25.4. The normalized spacial score (nSPS) is 10.4. The lowest BCUT2D eigenvalue weighted by molar-refractivity contribution is -0.116. The number of rotatable bonds is 7. The molecule has 0 saturated carbocycles. The summed E-state index contributed by atoms with van der Waals surface area (Å²) in [5.74, 6) is -1.40. The van der Waals surface area contributed by atoms with Gasteiger partial charge in [0.25, 0.3) is 0 Å². The van der Waals surface area contributed by atoms with Crippen molar-refractivity contribution in [1.82, 2.24) is 0 Å². The topological polar surface area (TPSA) is 111 Å². The molecular formula is C22H21I3N2O7. The van der Waals surface area contributed by atoms with Gasteiger partial charge in [-0.15, -0.1) is 0 Å². The maximum Gasteiger partial charge on any atom is 0.343 e. The molecule has 0 unspecified atom stereocenters. The molecule has 2 aromatic carbocycles. The van der Waals surface area contributed by atoms with Gasteiger partial charge in [-0.2, -0.15) is 0 Å². The van der Waals surface area contributed by atoms with E-state index < -0.39 is 18.7 Å². The number of carbonyl (C=O) groups is 4. The molecule has 0 aromatic heterocycles. The Hall–Kier alpha value is -1.69. The Kier molecular flexibility index (Phi) is 10.3. The SMILES string of the molecule is COc1ccc(C(=O)OCOC(=O)c2c(I)c(NC(C)=O)c(I)c(N(C)C(C)=O)c2I)cc1C. The van der Waals surface area contributed by atoms with E-state index in [0.717, 1.165) is 5.56 Å². The lowest BCUT2D eigenvalue weighted by atomic mass is 10.1. The predicted octanol–water partition coefficient (Wildman–Crippen LogP) is 4.73. The average Bonchev–Trinajstić information content (AvgIpc) is 2.76. The van der Waals surface area contributed by atoms with Gasteiger partial charge in [0.05, 0.1) is 40.3 Å². The van der Waals surface area contributed by atoms with Gasteiger partial charge in [0.15, 0.2) is 0 Å². The largest absolute Gasteiger partial charge is 0.496 e. The number of amides is 2. The number of nitrogens with one attached hydrogen (secondary N) is 1. The van der Waals surface area contributed by atoms with Crippen LogP contribution in [0.2, 0.25) is 0 Å². The number of hydrogen-bond donors (Lipinski definition) is 1. The fourth-order valence-corrected chi connectivity index (χ4v) is 7.47. The van der Waals surface area contributed by atoms with Gasteiger partial charge in [-0.25, -0.2) is 9.59 Å². The number of benzene rings is 2. The molecule has 2 rings (SSSR count). The number of esters is 2. The molecule has 12 heteroatoms. The van der Waals surface area contributed by atoms with Crippen molar-refractivity contribution in [1.29, 1.82) is 0 Å². The van der Waals surface area contributed by atoms with Crippen LogP contribution < -0.4 is 15.0 Å². The van der Waals surface area contributed by atoms with Crippen molar-refractivity contribution in [3.63, 3.8) is 0 Å². The van der Waals surface area contributed by atoms with Crippen LogP contribution in [0.4, 0.5) is 11.4 Å². The molecule has 0 fully saturated rings. The quantitative estimate of drug-likeness (QED) is 0.245. The number of nitrogens with zero attached hydrogens (tertiary/aromatic N) is 1. The Morgan fingerprint density at radius 2 is 1.59 bits per heavy atom.